The topological polar surface area (TPSA) is 61.9 Å². The molecule has 0 aliphatic heterocycles. The molecule has 1 aromatic heterocycles. The van der Waals surface area contributed by atoms with Crippen LogP contribution in [0.2, 0.25) is 0 Å². The van der Waals surface area contributed by atoms with Gasteiger partial charge in [0.25, 0.3) is 0 Å². The zero-order valence-electron chi connectivity index (χ0n) is 13.6. The first-order valence-electron chi connectivity index (χ1n) is 7.61. The van der Waals surface area contributed by atoms with E-state index in [1.807, 2.05) is 73.6 Å². The number of ketones is 1. The minimum atomic E-state index is -0.181. The number of benzene rings is 2. The van der Waals surface area contributed by atoms with Gasteiger partial charge in [-0.25, -0.2) is 0 Å². The predicted molar refractivity (Wildman–Crippen MR) is 96.0 cm³/mol. The van der Waals surface area contributed by atoms with E-state index in [0.717, 1.165) is 16.8 Å². The van der Waals surface area contributed by atoms with Gasteiger partial charge in [0.05, 0.1) is 0 Å². The molecule has 1 N–H and O–H groups in total. The lowest BCUT2D eigenvalue weighted by Crippen LogP contribution is -2.07. The van der Waals surface area contributed by atoms with Crippen LogP contribution in [0.4, 0.5) is 5.69 Å². The largest absolute Gasteiger partial charge is 0.378 e. The van der Waals surface area contributed by atoms with E-state index in [4.69, 9.17) is 0 Å². The molecule has 0 saturated heterocycles. The Hall–Kier alpha value is -3.21. The van der Waals surface area contributed by atoms with Crippen molar-refractivity contribution in [3.8, 4) is 11.3 Å². The van der Waals surface area contributed by atoms with Crippen LogP contribution in [-0.2, 0) is 0 Å². The smallest absolute Gasteiger partial charge is 0.208 e. The number of nitrogens with zero attached hydrogens (tertiary/aromatic N) is 3. The number of aromatic amines is 1. The normalized spacial score (nSPS) is 10.9. The molecule has 120 valence electrons. The van der Waals surface area contributed by atoms with E-state index in [-0.39, 0.29) is 5.78 Å². The molecule has 5 nitrogen and oxygen atoms in total. The second-order valence-corrected chi connectivity index (χ2v) is 5.57. The summed E-state index contributed by atoms with van der Waals surface area (Å²) in [5, 5.41) is 10.6. The van der Waals surface area contributed by atoms with Crippen LogP contribution >= 0.6 is 0 Å². The molecule has 3 rings (SSSR count). The van der Waals surface area contributed by atoms with Gasteiger partial charge in [-0.05, 0) is 23.8 Å². The lowest BCUT2D eigenvalue weighted by Gasteiger charge is -2.11. The second-order valence-electron chi connectivity index (χ2n) is 5.57. The van der Waals surface area contributed by atoms with E-state index in [9.17, 15) is 4.79 Å². The predicted octanol–water partition coefficient (Wildman–Crippen LogP) is 3.43. The molecule has 0 saturated carbocycles. The van der Waals surface area contributed by atoms with E-state index in [1.165, 1.54) is 6.08 Å². The maximum Gasteiger partial charge on any atom is 0.208 e. The van der Waals surface area contributed by atoms with Crippen molar-refractivity contribution in [2.45, 2.75) is 0 Å². The van der Waals surface area contributed by atoms with Crippen molar-refractivity contribution < 1.29 is 4.79 Å². The third kappa shape index (κ3) is 3.41. The maximum absolute atomic E-state index is 12.4. The Morgan fingerprint density at radius 1 is 1.00 bits per heavy atom. The highest BCUT2D eigenvalue weighted by Crippen LogP contribution is 2.20. The first-order valence-corrected chi connectivity index (χ1v) is 7.61. The first-order chi connectivity index (χ1) is 11.6. The fourth-order valence-electron chi connectivity index (χ4n) is 2.33. The van der Waals surface area contributed by atoms with Crippen LogP contribution in [0.1, 0.15) is 16.1 Å². The number of aromatic nitrogens is 3. The molecular weight excluding hydrogens is 300 g/mol. The fraction of sp³-hybridized carbons (Fsp3) is 0.105. The van der Waals surface area contributed by atoms with Crippen molar-refractivity contribution in [1.29, 1.82) is 0 Å². The molecule has 24 heavy (non-hydrogen) atoms. The van der Waals surface area contributed by atoms with Crippen LogP contribution in [0.3, 0.4) is 0 Å². The summed E-state index contributed by atoms with van der Waals surface area (Å²) < 4.78 is 0. The summed E-state index contributed by atoms with van der Waals surface area (Å²) in [7, 11) is 3.98. The number of H-pyrrole nitrogens is 1. The Morgan fingerprint density at radius 2 is 1.71 bits per heavy atom. The van der Waals surface area contributed by atoms with Crippen molar-refractivity contribution in [2.24, 2.45) is 0 Å². The molecule has 0 bridgehead atoms. The summed E-state index contributed by atoms with van der Waals surface area (Å²) in [6, 6.07) is 17.5. The molecular formula is C19H18N4O. The van der Waals surface area contributed by atoms with Gasteiger partial charge in [-0.3, -0.25) is 4.79 Å². The molecule has 0 aliphatic carbocycles. The molecule has 0 aliphatic rings. The average Bonchev–Trinajstić information content (AvgIpc) is 3.10. The second kappa shape index (κ2) is 6.91. The molecule has 0 spiro atoms. The van der Waals surface area contributed by atoms with E-state index >= 15 is 0 Å². The molecule has 1 heterocycles. The van der Waals surface area contributed by atoms with Gasteiger partial charge < -0.3 is 4.90 Å². The first kappa shape index (κ1) is 15.7. The van der Waals surface area contributed by atoms with Gasteiger partial charge >= 0.3 is 0 Å². The fourth-order valence-corrected chi connectivity index (χ4v) is 2.33. The third-order valence-electron chi connectivity index (χ3n) is 3.67. The SMILES string of the molecule is CN(C)c1ccc(/C=C/C(=O)c2n[nH]nc2-c2ccccc2)cc1. The summed E-state index contributed by atoms with van der Waals surface area (Å²) in [4.78, 5) is 14.5. The van der Waals surface area contributed by atoms with Crippen molar-refractivity contribution >= 4 is 17.5 Å². The molecule has 2 aromatic carbocycles. The minimum absolute atomic E-state index is 0.181. The molecule has 0 atom stereocenters. The van der Waals surface area contributed by atoms with Gasteiger partial charge in [0, 0.05) is 25.3 Å². The molecule has 0 fully saturated rings. The molecule has 0 radical (unpaired) electrons. The number of allylic oxidation sites excluding steroid dienone is 1. The summed E-state index contributed by atoms with van der Waals surface area (Å²) in [6.45, 7) is 0. The van der Waals surface area contributed by atoms with Gasteiger partial charge in [-0.15, -0.1) is 0 Å². The van der Waals surface area contributed by atoms with E-state index in [2.05, 4.69) is 15.4 Å². The highest BCUT2D eigenvalue weighted by molar-refractivity contribution is 6.08. The van der Waals surface area contributed by atoms with E-state index in [1.54, 1.807) is 6.08 Å². The number of nitrogens with one attached hydrogen (secondary N) is 1. The van der Waals surface area contributed by atoms with Crippen molar-refractivity contribution in [2.75, 3.05) is 19.0 Å². The van der Waals surface area contributed by atoms with Crippen molar-refractivity contribution in [3.05, 3.63) is 71.9 Å². The summed E-state index contributed by atoms with van der Waals surface area (Å²) in [5.74, 6) is -0.181. The van der Waals surface area contributed by atoms with Crippen LogP contribution in [0, 0.1) is 0 Å². The number of carbonyl (C=O) groups is 1. The average molecular weight is 318 g/mol. The number of hydrogen-bond donors (Lipinski definition) is 1. The lowest BCUT2D eigenvalue weighted by atomic mass is 10.1. The molecule has 0 amide bonds. The van der Waals surface area contributed by atoms with Crippen LogP contribution in [0.25, 0.3) is 17.3 Å². The molecule has 0 unspecified atom stereocenters. The molecule has 5 heteroatoms. The number of carbonyl (C=O) groups excluding carboxylic acids is 1. The number of hydrogen-bond acceptors (Lipinski definition) is 4. The number of rotatable bonds is 5. The Labute approximate surface area is 140 Å². The van der Waals surface area contributed by atoms with Gasteiger partial charge in [-0.2, -0.15) is 15.4 Å². The van der Waals surface area contributed by atoms with Crippen LogP contribution in [-0.4, -0.2) is 35.3 Å². The van der Waals surface area contributed by atoms with Crippen molar-refractivity contribution in [1.82, 2.24) is 15.4 Å². The molecule has 3 aromatic rings. The summed E-state index contributed by atoms with van der Waals surface area (Å²) in [5.41, 5.74) is 3.81. The van der Waals surface area contributed by atoms with Gasteiger partial charge in [0.1, 0.15) is 5.69 Å². The number of anilines is 1. The Morgan fingerprint density at radius 3 is 2.38 bits per heavy atom. The Balaban J connectivity index is 1.80. The van der Waals surface area contributed by atoms with Crippen LogP contribution < -0.4 is 4.90 Å². The quantitative estimate of drug-likeness (QED) is 0.578. The summed E-state index contributed by atoms with van der Waals surface area (Å²) in [6.07, 6.45) is 3.31. The Kier molecular flexibility index (Phi) is 4.52. The van der Waals surface area contributed by atoms with Crippen LogP contribution in [0.15, 0.2) is 60.7 Å². The van der Waals surface area contributed by atoms with E-state index < -0.39 is 0 Å². The lowest BCUT2D eigenvalue weighted by molar-refractivity contribution is 0.104. The Bertz CT molecular complexity index is 849. The monoisotopic (exact) mass is 318 g/mol. The standard InChI is InChI=1S/C19H18N4O/c1-23(2)16-11-8-14(9-12-16)10-13-17(24)19-18(20-22-21-19)15-6-4-3-5-7-15/h3-13H,1-2H3,(H,20,21,22)/b13-10+. The zero-order valence-corrected chi connectivity index (χ0v) is 13.6. The maximum atomic E-state index is 12.4. The van der Waals surface area contributed by atoms with Gasteiger partial charge in [0.15, 0.2) is 5.69 Å². The highest BCUT2D eigenvalue weighted by Gasteiger charge is 2.15. The van der Waals surface area contributed by atoms with Crippen LogP contribution in [0.5, 0.6) is 0 Å². The van der Waals surface area contributed by atoms with Gasteiger partial charge in [-0.1, -0.05) is 48.5 Å². The van der Waals surface area contributed by atoms with Gasteiger partial charge in [0.2, 0.25) is 5.78 Å². The third-order valence-corrected chi connectivity index (χ3v) is 3.67. The van der Waals surface area contributed by atoms with E-state index in [0.29, 0.717) is 11.4 Å². The van der Waals surface area contributed by atoms with Crippen molar-refractivity contribution in [3.63, 3.8) is 0 Å². The minimum Gasteiger partial charge on any atom is -0.378 e. The summed E-state index contributed by atoms with van der Waals surface area (Å²) >= 11 is 0. The zero-order chi connectivity index (χ0) is 16.9. The highest BCUT2D eigenvalue weighted by atomic mass is 16.1.